The summed E-state index contributed by atoms with van der Waals surface area (Å²) in [6, 6.07) is 3.01. The average molecular weight is 224 g/mol. The van der Waals surface area contributed by atoms with Crippen LogP contribution in [-0.4, -0.2) is 21.0 Å². The minimum absolute atomic E-state index is 0.0707. The molecular formula is C10H6F2N2O2. The summed E-state index contributed by atoms with van der Waals surface area (Å²) in [5, 5.41) is 8.61. The molecule has 82 valence electrons. The van der Waals surface area contributed by atoms with Gasteiger partial charge < -0.3 is 10.1 Å². The molecule has 1 heterocycles. The zero-order valence-corrected chi connectivity index (χ0v) is 7.87. The Labute approximate surface area is 88.6 Å². The topological polar surface area (TPSA) is 66.0 Å². The van der Waals surface area contributed by atoms with E-state index in [1.54, 1.807) is 0 Å². The van der Waals surface area contributed by atoms with Gasteiger partial charge in [0, 0.05) is 11.6 Å². The van der Waals surface area contributed by atoms with E-state index < -0.39 is 17.6 Å². The second-order valence-corrected chi connectivity index (χ2v) is 3.07. The van der Waals surface area contributed by atoms with Crippen LogP contribution >= 0.6 is 0 Å². The minimum atomic E-state index is -1.24. The van der Waals surface area contributed by atoms with Crippen molar-refractivity contribution in [3.8, 4) is 11.3 Å². The van der Waals surface area contributed by atoms with E-state index in [1.807, 2.05) is 0 Å². The molecule has 0 amide bonds. The number of imidazole rings is 1. The van der Waals surface area contributed by atoms with E-state index in [9.17, 15) is 13.6 Å². The fourth-order valence-corrected chi connectivity index (χ4v) is 1.27. The molecule has 0 spiro atoms. The lowest BCUT2D eigenvalue weighted by Gasteiger charge is -1.99. The second-order valence-electron chi connectivity index (χ2n) is 3.07. The van der Waals surface area contributed by atoms with Gasteiger partial charge in [0.15, 0.2) is 0 Å². The molecule has 1 aromatic carbocycles. The van der Waals surface area contributed by atoms with Gasteiger partial charge >= 0.3 is 5.97 Å². The molecule has 2 N–H and O–H groups in total. The van der Waals surface area contributed by atoms with Crippen molar-refractivity contribution in [1.82, 2.24) is 9.97 Å². The lowest BCUT2D eigenvalue weighted by atomic mass is 10.1. The summed E-state index contributed by atoms with van der Waals surface area (Å²) in [5.74, 6) is -3.01. The van der Waals surface area contributed by atoms with Gasteiger partial charge in [0.25, 0.3) is 0 Å². The van der Waals surface area contributed by atoms with Crippen LogP contribution in [0.25, 0.3) is 11.3 Å². The number of nitrogens with zero attached hydrogens (tertiary/aromatic N) is 1. The lowest BCUT2D eigenvalue weighted by molar-refractivity contribution is 0.0685. The third kappa shape index (κ3) is 1.77. The fraction of sp³-hybridized carbons (Fsp3) is 0. The van der Waals surface area contributed by atoms with Crippen molar-refractivity contribution in [2.45, 2.75) is 0 Å². The highest BCUT2D eigenvalue weighted by atomic mass is 19.1. The summed E-state index contributed by atoms with van der Waals surface area (Å²) in [6.45, 7) is 0. The summed E-state index contributed by atoms with van der Waals surface area (Å²) in [7, 11) is 0. The Kier molecular flexibility index (Phi) is 2.40. The maximum atomic E-state index is 13.3. The average Bonchev–Trinajstić information content (AvgIpc) is 2.66. The molecule has 2 rings (SSSR count). The van der Waals surface area contributed by atoms with Crippen LogP contribution in [0, 0.1) is 11.6 Å². The molecule has 16 heavy (non-hydrogen) atoms. The van der Waals surface area contributed by atoms with E-state index in [0.717, 1.165) is 12.1 Å². The van der Waals surface area contributed by atoms with E-state index in [1.165, 1.54) is 12.3 Å². The van der Waals surface area contributed by atoms with Crippen LogP contribution in [-0.2, 0) is 0 Å². The maximum Gasteiger partial charge on any atom is 0.371 e. The highest BCUT2D eigenvalue weighted by Crippen LogP contribution is 2.21. The molecule has 1 aromatic heterocycles. The monoisotopic (exact) mass is 224 g/mol. The molecular weight excluding hydrogens is 218 g/mol. The van der Waals surface area contributed by atoms with Crippen molar-refractivity contribution < 1.29 is 18.7 Å². The number of carbonyl (C=O) groups is 1. The highest BCUT2D eigenvalue weighted by Gasteiger charge is 2.12. The molecule has 0 fully saturated rings. The predicted octanol–water partition coefficient (Wildman–Crippen LogP) is 2.05. The number of hydrogen-bond acceptors (Lipinski definition) is 2. The van der Waals surface area contributed by atoms with Gasteiger partial charge in [-0.2, -0.15) is 0 Å². The quantitative estimate of drug-likeness (QED) is 0.820. The van der Waals surface area contributed by atoms with Gasteiger partial charge in [-0.15, -0.1) is 0 Å². The molecule has 0 unspecified atom stereocenters. The van der Waals surface area contributed by atoms with Crippen LogP contribution < -0.4 is 0 Å². The number of aromatic amines is 1. The Morgan fingerprint density at radius 2 is 2.12 bits per heavy atom. The van der Waals surface area contributed by atoms with Gasteiger partial charge in [-0.05, 0) is 12.1 Å². The van der Waals surface area contributed by atoms with Gasteiger partial charge in [0.05, 0.1) is 11.9 Å². The standard InChI is InChI=1S/C10H6F2N2O2/c11-5-1-2-6(7(12)3-5)8-4-13-9(14-8)10(15)16/h1-4H,(H,13,14)(H,15,16). The van der Waals surface area contributed by atoms with Crippen molar-refractivity contribution in [1.29, 1.82) is 0 Å². The van der Waals surface area contributed by atoms with E-state index in [2.05, 4.69) is 9.97 Å². The van der Waals surface area contributed by atoms with Crippen molar-refractivity contribution in [2.75, 3.05) is 0 Å². The Morgan fingerprint density at radius 1 is 1.38 bits per heavy atom. The first-order valence-electron chi connectivity index (χ1n) is 4.31. The maximum absolute atomic E-state index is 13.3. The van der Waals surface area contributed by atoms with Gasteiger partial charge in [-0.25, -0.2) is 18.6 Å². The molecule has 0 atom stereocenters. The van der Waals surface area contributed by atoms with Crippen molar-refractivity contribution in [3.05, 3.63) is 41.9 Å². The van der Waals surface area contributed by atoms with E-state index in [4.69, 9.17) is 5.11 Å². The summed E-state index contributed by atoms with van der Waals surface area (Å²) < 4.78 is 25.9. The van der Waals surface area contributed by atoms with Crippen LogP contribution in [0.3, 0.4) is 0 Å². The first-order chi connectivity index (χ1) is 7.58. The SMILES string of the molecule is O=C(O)c1ncc(-c2ccc(F)cc2F)[nH]1. The first kappa shape index (κ1) is 10.3. The molecule has 2 aromatic rings. The van der Waals surface area contributed by atoms with Crippen LogP contribution in [0.4, 0.5) is 8.78 Å². The number of nitrogens with one attached hydrogen (secondary N) is 1. The molecule has 0 aliphatic carbocycles. The summed E-state index contributed by atoms with van der Waals surface area (Å²) in [5.41, 5.74) is 0.260. The Hall–Kier alpha value is -2.24. The van der Waals surface area contributed by atoms with Crippen molar-refractivity contribution in [2.24, 2.45) is 0 Å². The zero-order chi connectivity index (χ0) is 11.7. The largest absolute Gasteiger partial charge is 0.475 e. The van der Waals surface area contributed by atoms with Gasteiger partial charge in [0.2, 0.25) is 5.82 Å². The zero-order valence-electron chi connectivity index (χ0n) is 7.87. The van der Waals surface area contributed by atoms with E-state index >= 15 is 0 Å². The Balaban J connectivity index is 2.46. The molecule has 0 aliphatic rings. The number of halogens is 2. The van der Waals surface area contributed by atoms with Crippen molar-refractivity contribution in [3.63, 3.8) is 0 Å². The molecule has 0 saturated carbocycles. The smallest absolute Gasteiger partial charge is 0.371 e. The summed E-state index contributed by atoms with van der Waals surface area (Å²) in [6.07, 6.45) is 1.18. The first-order valence-corrected chi connectivity index (χ1v) is 4.31. The number of hydrogen-bond donors (Lipinski definition) is 2. The van der Waals surface area contributed by atoms with Crippen LogP contribution in [0.5, 0.6) is 0 Å². The minimum Gasteiger partial charge on any atom is -0.475 e. The van der Waals surface area contributed by atoms with Crippen LogP contribution in [0.1, 0.15) is 10.6 Å². The van der Waals surface area contributed by atoms with Crippen LogP contribution in [0.15, 0.2) is 24.4 Å². The van der Waals surface area contributed by atoms with Gasteiger partial charge in [-0.3, -0.25) is 0 Å². The molecule has 0 aliphatic heterocycles. The number of rotatable bonds is 2. The number of carboxylic acids is 1. The number of carboxylic acid groups (broad SMARTS) is 1. The lowest BCUT2D eigenvalue weighted by Crippen LogP contribution is -1.98. The van der Waals surface area contributed by atoms with Crippen molar-refractivity contribution >= 4 is 5.97 Å². The highest BCUT2D eigenvalue weighted by molar-refractivity contribution is 5.84. The number of aromatic nitrogens is 2. The third-order valence-corrected chi connectivity index (χ3v) is 2.00. The molecule has 0 bridgehead atoms. The van der Waals surface area contributed by atoms with Gasteiger partial charge in [0.1, 0.15) is 11.6 Å². The summed E-state index contributed by atoms with van der Waals surface area (Å²) in [4.78, 5) is 16.5. The Morgan fingerprint density at radius 3 is 2.69 bits per heavy atom. The third-order valence-electron chi connectivity index (χ3n) is 2.00. The number of H-pyrrole nitrogens is 1. The fourth-order valence-electron chi connectivity index (χ4n) is 1.27. The summed E-state index contributed by atoms with van der Waals surface area (Å²) >= 11 is 0. The molecule has 6 heteroatoms. The number of benzene rings is 1. The Bertz CT molecular complexity index is 552. The van der Waals surface area contributed by atoms with E-state index in [-0.39, 0.29) is 17.1 Å². The molecule has 0 saturated heterocycles. The predicted molar refractivity (Wildman–Crippen MR) is 50.9 cm³/mol. The molecule has 4 nitrogen and oxygen atoms in total. The number of aromatic carboxylic acids is 1. The molecule has 0 radical (unpaired) electrons. The normalized spacial score (nSPS) is 10.4. The second kappa shape index (κ2) is 3.73. The van der Waals surface area contributed by atoms with Crippen LogP contribution in [0.2, 0.25) is 0 Å². The van der Waals surface area contributed by atoms with E-state index in [0.29, 0.717) is 0 Å². The van der Waals surface area contributed by atoms with Gasteiger partial charge in [-0.1, -0.05) is 0 Å².